The lowest BCUT2D eigenvalue weighted by atomic mass is 10.1. The normalized spacial score (nSPS) is 11.7. The number of nitrogens with two attached hydrogens (primary N) is 1. The molecule has 1 unspecified atom stereocenters. The highest BCUT2D eigenvalue weighted by molar-refractivity contribution is 6.31. The van der Waals surface area contributed by atoms with Gasteiger partial charge in [0.05, 0.1) is 17.8 Å². The maximum Gasteiger partial charge on any atom is 0.255 e. The molecule has 2 rings (SSSR count). The molecule has 0 fully saturated rings. The summed E-state index contributed by atoms with van der Waals surface area (Å²) >= 11 is 6.20. The van der Waals surface area contributed by atoms with Gasteiger partial charge in [0, 0.05) is 17.3 Å². The molecule has 1 aromatic heterocycles. The van der Waals surface area contributed by atoms with Crippen molar-refractivity contribution in [2.75, 3.05) is 13.1 Å². The SMILES string of the molecule is Cc1nn(Cc2ccccc2Cl)c(C)c1C(=O)NCC(C)CN.Cl. The van der Waals surface area contributed by atoms with Gasteiger partial charge in [-0.25, -0.2) is 0 Å². The topological polar surface area (TPSA) is 72.9 Å². The van der Waals surface area contributed by atoms with E-state index in [2.05, 4.69) is 10.4 Å². The van der Waals surface area contributed by atoms with Crippen LogP contribution in [0.2, 0.25) is 5.02 Å². The molecule has 0 aliphatic rings. The van der Waals surface area contributed by atoms with Crippen LogP contribution < -0.4 is 11.1 Å². The fourth-order valence-electron chi connectivity index (χ4n) is 2.41. The number of aromatic nitrogens is 2. The molecular weight excluding hydrogens is 347 g/mol. The van der Waals surface area contributed by atoms with Crippen LogP contribution in [0.15, 0.2) is 24.3 Å². The molecule has 0 aliphatic carbocycles. The third kappa shape index (κ3) is 4.72. The van der Waals surface area contributed by atoms with Crippen LogP contribution in [0, 0.1) is 19.8 Å². The van der Waals surface area contributed by atoms with Crippen molar-refractivity contribution in [2.24, 2.45) is 11.7 Å². The fraction of sp³-hybridized carbons (Fsp3) is 0.412. The van der Waals surface area contributed by atoms with Crippen molar-refractivity contribution in [1.82, 2.24) is 15.1 Å². The van der Waals surface area contributed by atoms with Gasteiger partial charge in [-0.15, -0.1) is 12.4 Å². The second-order valence-corrected chi connectivity index (χ2v) is 6.25. The molecule has 1 aromatic carbocycles. The van der Waals surface area contributed by atoms with E-state index in [9.17, 15) is 4.79 Å². The van der Waals surface area contributed by atoms with Gasteiger partial charge in [-0.05, 0) is 37.9 Å². The third-order valence-electron chi connectivity index (χ3n) is 3.90. The molecule has 1 atom stereocenters. The molecule has 0 spiro atoms. The number of carbonyl (C=O) groups excluding carboxylic acids is 1. The summed E-state index contributed by atoms with van der Waals surface area (Å²) in [7, 11) is 0. The van der Waals surface area contributed by atoms with Crippen LogP contribution in [0.4, 0.5) is 0 Å². The lowest BCUT2D eigenvalue weighted by molar-refractivity contribution is 0.0947. The first-order valence-electron chi connectivity index (χ1n) is 7.69. The Morgan fingerprint density at radius 3 is 2.67 bits per heavy atom. The number of amides is 1. The summed E-state index contributed by atoms with van der Waals surface area (Å²) in [6.45, 7) is 7.39. The Hall–Kier alpha value is -1.56. The van der Waals surface area contributed by atoms with E-state index < -0.39 is 0 Å². The zero-order chi connectivity index (χ0) is 17.0. The Bertz CT molecular complexity index is 700. The van der Waals surface area contributed by atoms with Crippen LogP contribution >= 0.6 is 24.0 Å². The van der Waals surface area contributed by atoms with Crippen LogP contribution in [-0.4, -0.2) is 28.8 Å². The smallest absolute Gasteiger partial charge is 0.255 e. The van der Waals surface area contributed by atoms with Crippen LogP contribution in [0.1, 0.15) is 34.2 Å². The number of nitrogens with zero attached hydrogens (tertiary/aromatic N) is 2. The Morgan fingerprint density at radius 2 is 2.04 bits per heavy atom. The number of rotatable bonds is 6. The average molecular weight is 371 g/mol. The number of halogens is 2. The van der Waals surface area contributed by atoms with Gasteiger partial charge in [0.2, 0.25) is 0 Å². The molecule has 1 amide bonds. The molecular formula is C17H24Cl2N4O. The van der Waals surface area contributed by atoms with E-state index in [1.165, 1.54) is 0 Å². The van der Waals surface area contributed by atoms with Gasteiger partial charge in [0.1, 0.15) is 0 Å². The van der Waals surface area contributed by atoms with Gasteiger partial charge in [-0.2, -0.15) is 5.10 Å². The van der Waals surface area contributed by atoms with Crippen LogP contribution in [-0.2, 0) is 6.54 Å². The zero-order valence-electron chi connectivity index (χ0n) is 14.2. The van der Waals surface area contributed by atoms with Gasteiger partial charge >= 0.3 is 0 Å². The van der Waals surface area contributed by atoms with E-state index in [-0.39, 0.29) is 24.2 Å². The first-order chi connectivity index (χ1) is 10.9. The standard InChI is InChI=1S/C17H23ClN4O.ClH/c1-11(8-19)9-20-17(23)16-12(2)21-22(13(16)3)10-14-6-4-5-7-15(14)18;/h4-7,11H,8-10,19H2,1-3H3,(H,20,23);1H. The number of nitrogens with one attached hydrogen (secondary N) is 1. The van der Waals surface area contributed by atoms with Crippen LogP contribution in [0.3, 0.4) is 0 Å². The van der Waals surface area contributed by atoms with Crippen molar-refractivity contribution in [2.45, 2.75) is 27.3 Å². The predicted octanol–water partition coefficient (Wildman–Crippen LogP) is 2.95. The summed E-state index contributed by atoms with van der Waals surface area (Å²) in [5.74, 6) is 0.142. The zero-order valence-corrected chi connectivity index (χ0v) is 15.7. The van der Waals surface area contributed by atoms with Crippen LogP contribution in [0.5, 0.6) is 0 Å². The first-order valence-corrected chi connectivity index (χ1v) is 8.07. The number of carbonyl (C=O) groups is 1. The summed E-state index contributed by atoms with van der Waals surface area (Å²) in [4.78, 5) is 12.4. The lowest BCUT2D eigenvalue weighted by Gasteiger charge is -2.10. The van der Waals surface area contributed by atoms with Gasteiger partial charge in [-0.1, -0.05) is 36.7 Å². The van der Waals surface area contributed by atoms with Crippen molar-refractivity contribution in [1.29, 1.82) is 0 Å². The minimum absolute atomic E-state index is 0. The number of benzene rings is 1. The van der Waals surface area contributed by atoms with E-state index in [1.807, 2.05) is 49.7 Å². The van der Waals surface area contributed by atoms with Crippen molar-refractivity contribution in [3.05, 3.63) is 51.8 Å². The molecule has 0 aliphatic heterocycles. The summed E-state index contributed by atoms with van der Waals surface area (Å²) in [5, 5.41) is 8.11. The second kappa shape index (κ2) is 9.06. The molecule has 2 aromatic rings. The second-order valence-electron chi connectivity index (χ2n) is 5.85. The lowest BCUT2D eigenvalue weighted by Crippen LogP contribution is -2.31. The first kappa shape index (κ1) is 20.5. The Labute approximate surface area is 154 Å². The highest BCUT2D eigenvalue weighted by Gasteiger charge is 2.19. The minimum Gasteiger partial charge on any atom is -0.352 e. The molecule has 24 heavy (non-hydrogen) atoms. The summed E-state index contributed by atoms with van der Waals surface area (Å²) in [6.07, 6.45) is 0. The number of aryl methyl sites for hydroxylation is 1. The minimum atomic E-state index is -0.106. The molecule has 132 valence electrons. The van der Waals surface area contributed by atoms with Crippen molar-refractivity contribution in [3.63, 3.8) is 0 Å². The summed E-state index contributed by atoms with van der Waals surface area (Å²) < 4.78 is 1.82. The summed E-state index contributed by atoms with van der Waals surface area (Å²) in [6, 6.07) is 7.64. The van der Waals surface area contributed by atoms with E-state index in [1.54, 1.807) is 0 Å². The molecule has 0 bridgehead atoms. The Morgan fingerprint density at radius 1 is 1.38 bits per heavy atom. The predicted molar refractivity (Wildman–Crippen MR) is 100 cm³/mol. The molecule has 0 radical (unpaired) electrons. The molecule has 7 heteroatoms. The van der Waals surface area contributed by atoms with Crippen molar-refractivity contribution in [3.8, 4) is 0 Å². The average Bonchev–Trinajstić information content (AvgIpc) is 2.81. The fourth-order valence-corrected chi connectivity index (χ4v) is 2.60. The van der Waals surface area contributed by atoms with Gasteiger partial charge in [0.15, 0.2) is 0 Å². The van der Waals surface area contributed by atoms with Crippen molar-refractivity contribution < 1.29 is 4.79 Å². The maximum atomic E-state index is 12.4. The monoisotopic (exact) mass is 370 g/mol. The van der Waals surface area contributed by atoms with Crippen LogP contribution in [0.25, 0.3) is 0 Å². The van der Waals surface area contributed by atoms with Gasteiger partial charge in [0.25, 0.3) is 5.91 Å². The van der Waals surface area contributed by atoms with E-state index in [4.69, 9.17) is 17.3 Å². The van der Waals surface area contributed by atoms with Gasteiger partial charge < -0.3 is 11.1 Å². The van der Waals surface area contributed by atoms with E-state index in [0.29, 0.717) is 35.9 Å². The van der Waals surface area contributed by atoms with Gasteiger partial charge in [-0.3, -0.25) is 9.48 Å². The molecule has 5 nitrogen and oxygen atoms in total. The molecule has 3 N–H and O–H groups in total. The molecule has 0 saturated heterocycles. The van der Waals surface area contributed by atoms with E-state index in [0.717, 1.165) is 11.3 Å². The Kier molecular flexibility index (Phi) is 7.73. The summed E-state index contributed by atoms with van der Waals surface area (Å²) in [5.41, 5.74) is 8.73. The van der Waals surface area contributed by atoms with Crippen molar-refractivity contribution >= 4 is 29.9 Å². The third-order valence-corrected chi connectivity index (χ3v) is 4.27. The number of hydrogen-bond acceptors (Lipinski definition) is 3. The Balaban J connectivity index is 0.00000288. The highest BCUT2D eigenvalue weighted by Crippen LogP contribution is 2.19. The highest BCUT2D eigenvalue weighted by atomic mass is 35.5. The van der Waals surface area contributed by atoms with E-state index >= 15 is 0 Å². The largest absolute Gasteiger partial charge is 0.352 e. The number of hydrogen-bond donors (Lipinski definition) is 2. The maximum absolute atomic E-state index is 12.4. The molecule has 0 saturated carbocycles. The quantitative estimate of drug-likeness (QED) is 0.820. The molecule has 1 heterocycles.